The number of amides is 1. The Bertz CT molecular complexity index is 938. The van der Waals surface area contributed by atoms with Gasteiger partial charge in [0.2, 0.25) is 0 Å². The van der Waals surface area contributed by atoms with E-state index in [4.69, 9.17) is 9.72 Å². The molecule has 4 rings (SSSR count). The van der Waals surface area contributed by atoms with Crippen LogP contribution in [0.25, 0.3) is 22.4 Å². The summed E-state index contributed by atoms with van der Waals surface area (Å²) in [5.41, 5.74) is 3.89. The number of hydrogen-bond acceptors (Lipinski definition) is 3. The minimum atomic E-state index is -0.0827. The molecule has 1 atom stereocenters. The third kappa shape index (κ3) is 2.99. The molecule has 1 N–H and O–H groups in total. The maximum Gasteiger partial charge on any atom is 0.251 e. The molecule has 5 nitrogen and oxygen atoms in total. The Morgan fingerprint density at radius 3 is 2.69 bits per heavy atom. The van der Waals surface area contributed by atoms with E-state index in [1.807, 2.05) is 42.5 Å². The van der Waals surface area contributed by atoms with Gasteiger partial charge < -0.3 is 14.6 Å². The van der Waals surface area contributed by atoms with E-state index >= 15 is 0 Å². The molecule has 1 aliphatic heterocycles. The van der Waals surface area contributed by atoms with Gasteiger partial charge in [0, 0.05) is 36.7 Å². The zero-order chi connectivity index (χ0) is 18.1. The summed E-state index contributed by atoms with van der Waals surface area (Å²) in [4.78, 5) is 16.7. The minimum Gasteiger partial charge on any atom is -0.381 e. The maximum atomic E-state index is 11.8. The molecule has 2 heterocycles. The third-order valence-corrected chi connectivity index (χ3v) is 5.13. The molecular weight excluding hydrogens is 326 g/mol. The average Bonchev–Trinajstić information content (AvgIpc) is 3.26. The number of aromatic nitrogens is 2. The normalized spacial score (nSPS) is 19.8. The van der Waals surface area contributed by atoms with Crippen LogP contribution in [0.3, 0.4) is 0 Å². The van der Waals surface area contributed by atoms with Gasteiger partial charge in [0.15, 0.2) is 0 Å². The number of fused-ring (bicyclic) bond motifs is 1. The summed E-state index contributed by atoms with van der Waals surface area (Å²) in [7, 11) is 1.64. The highest BCUT2D eigenvalue weighted by Crippen LogP contribution is 2.34. The lowest BCUT2D eigenvalue weighted by Gasteiger charge is -2.24. The number of para-hydroxylation sites is 2. The van der Waals surface area contributed by atoms with Crippen molar-refractivity contribution in [3.05, 3.63) is 54.1 Å². The van der Waals surface area contributed by atoms with Crippen molar-refractivity contribution in [2.45, 2.75) is 19.9 Å². The Morgan fingerprint density at radius 2 is 2.00 bits per heavy atom. The van der Waals surface area contributed by atoms with E-state index in [-0.39, 0.29) is 11.3 Å². The molecule has 1 saturated heterocycles. The van der Waals surface area contributed by atoms with Crippen LogP contribution in [0.15, 0.2) is 48.5 Å². The van der Waals surface area contributed by atoms with Gasteiger partial charge >= 0.3 is 0 Å². The van der Waals surface area contributed by atoms with Gasteiger partial charge in [-0.2, -0.15) is 0 Å². The van der Waals surface area contributed by atoms with Crippen LogP contribution in [0.4, 0.5) is 0 Å². The van der Waals surface area contributed by atoms with E-state index in [1.165, 1.54) is 0 Å². The highest BCUT2D eigenvalue weighted by molar-refractivity contribution is 5.94. The number of nitrogens with one attached hydrogen (secondary N) is 1. The predicted molar refractivity (Wildman–Crippen MR) is 102 cm³/mol. The number of imidazole rings is 1. The van der Waals surface area contributed by atoms with Gasteiger partial charge in [0.25, 0.3) is 5.91 Å². The maximum absolute atomic E-state index is 11.8. The summed E-state index contributed by atoms with van der Waals surface area (Å²) in [6, 6.07) is 15.8. The standard InChI is InChI=1S/C21H23N3O2/c1-21(11-12-26-14-21)13-24-18-6-4-3-5-17(18)23-19(24)15-7-9-16(10-8-15)20(25)22-2/h3-10H,11-14H2,1-2H3,(H,22,25). The monoisotopic (exact) mass is 349 g/mol. The number of nitrogens with zero attached hydrogens (tertiary/aromatic N) is 2. The molecule has 5 heteroatoms. The number of hydrogen-bond donors (Lipinski definition) is 1. The first-order valence-electron chi connectivity index (χ1n) is 8.95. The number of benzene rings is 2. The van der Waals surface area contributed by atoms with Crippen molar-refractivity contribution in [2.24, 2.45) is 5.41 Å². The zero-order valence-electron chi connectivity index (χ0n) is 15.2. The van der Waals surface area contributed by atoms with E-state index < -0.39 is 0 Å². The molecule has 3 aromatic rings. The molecule has 1 aromatic heterocycles. The summed E-state index contributed by atoms with van der Waals surface area (Å²) >= 11 is 0. The minimum absolute atomic E-state index is 0.0827. The molecule has 1 aliphatic rings. The zero-order valence-corrected chi connectivity index (χ0v) is 15.2. The van der Waals surface area contributed by atoms with E-state index in [1.54, 1.807) is 7.05 Å². The summed E-state index contributed by atoms with van der Waals surface area (Å²) < 4.78 is 7.93. The van der Waals surface area contributed by atoms with Crippen molar-refractivity contribution in [2.75, 3.05) is 20.3 Å². The molecule has 26 heavy (non-hydrogen) atoms. The second-order valence-corrected chi connectivity index (χ2v) is 7.28. The molecule has 1 fully saturated rings. The number of carbonyl (C=O) groups is 1. The SMILES string of the molecule is CNC(=O)c1ccc(-c2nc3ccccc3n2CC2(C)CCOC2)cc1. The largest absolute Gasteiger partial charge is 0.381 e. The molecule has 0 bridgehead atoms. The van der Waals surface area contributed by atoms with Gasteiger partial charge in [0.1, 0.15) is 5.82 Å². The average molecular weight is 349 g/mol. The molecule has 2 aromatic carbocycles. The predicted octanol–water partition coefficient (Wildman–Crippen LogP) is 3.49. The van der Waals surface area contributed by atoms with E-state index in [0.29, 0.717) is 5.56 Å². The molecule has 0 spiro atoms. The first kappa shape index (κ1) is 16.8. The number of ether oxygens (including phenoxy) is 1. The van der Waals surface area contributed by atoms with Crippen molar-refractivity contribution in [1.29, 1.82) is 0 Å². The summed E-state index contributed by atoms with van der Waals surface area (Å²) in [5, 5.41) is 2.65. The van der Waals surface area contributed by atoms with Crippen molar-refractivity contribution in [1.82, 2.24) is 14.9 Å². The van der Waals surface area contributed by atoms with Crippen LogP contribution < -0.4 is 5.32 Å². The second-order valence-electron chi connectivity index (χ2n) is 7.28. The van der Waals surface area contributed by atoms with Gasteiger partial charge in [-0.1, -0.05) is 31.2 Å². The highest BCUT2D eigenvalue weighted by Gasteiger charge is 2.31. The van der Waals surface area contributed by atoms with Crippen molar-refractivity contribution in [3.8, 4) is 11.4 Å². The molecule has 0 radical (unpaired) electrons. The molecule has 0 saturated carbocycles. The topological polar surface area (TPSA) is 56.2 Å². The van der Waals surface area contributed by atoms with Gasteiger partial charge in [-0.25, -0.2) is 4.98 Å². The van der Waals surface area contributed by atoms with E-state index in [0.717, 1.165) is 48.6 Å². The van der Waals surface area contributed by atoms with Crippen LogP contribution in [0.2, 0.25) is 0 Å². The highest BCUT2D eigenvalue weighted by atomic mass is 16.5. The fraction of sp³-hybridized carbons (Fsp3) is 0.333. The molecule has 0 aliphatic carbocycles. The number of rotatable bonds is 4. The Kier molecular flexibility index (Phi) is 4.24. The van der Waals surface area contributed by atoms with Gasteiger partial charge in [0.05, 0.1) is 17.6 Å². The fourth-order valence-corrected chi connectivity index (χ4v) is 3.59. The van der Waals surface area contributed by atoms with Crippen LogP contribution in [-0.2, 0) is 11.3 Å². The third-order valence-electron chi connectivity index (χ3n) is 5.13. The van der Waals surface area contributed by atoms with Crippen LogP contribution in [0.5, 0.6) is 0 Å². The van der Waals surface area contributed by atoms with Crippen LogP contribution >= 0.6 is 0 Å². The first-order valence-corrected chi connectivity index (χ1v) is 8.95. The summed E-state index contributed by atoms with van der Waals surface area (Å²) in [5.74, 6) is 0.850. The van der Waals surface area contributed by atoms with Crippen molar-refractivity contribution in [3.63, 3.8) is 0 Å². The van der Waals surface area contributed by atoms with Crippen LogP contribution in [0, 0.1) is 5.41 Å². The Hall–Kier alpha value is -2.66. The van der Waals surface area contributed by atoms with E-state index in [9.17, 15) is 4.79 Å². The van der Waals surface area contributed by atoms with Crippen molar-refractivity contribution < 1.29 is 9.53 Å². The molecule has 1 amide bonds. The smallest absolute Gasteiger partial charge is 0.251 e. The molecule has 1 unspecified atom stereocenters. The number of carbonyl (C=O) groups excluding carboxylic acids is 1. The first-order chi connectivity index (χ1) is 12.6. The molecule has 134 valence electrons. The lowest BCUT2D eigenvalue weighted by molar-refractivity contribution is 0.0963. The lowest BCUT2D eigenvalue weighted by Crippen LogP contribution is -2.24. The van der Waals surface area contributed by atoms with Gasteiger partial charge in [-0.15, -0.1) is 0 Å². The lowest BCUT2D eigenvalue weighted by atomic mass is 9.90. The van der Waals surface area contributed by atoms with Crippen molar-refractivity contribution >= 4 is 16.9 Å². The summed E-state index contributed by atoms with van der Waals surface area (Å²) in [6.45, 7) is 4.72. The quantitative estimate of drug-likeness (QED) is 0.784. The Balaban J connectivity index is 1.79. The van der Waals surface area contributed by atoms with Gasteiger partial charge in [-0.3, -0.25) is 4.79 Å². The van der Waals surface area contributed by atoms with Gasteiger partial charge in [-0.05, 0) is 30.7 Å². The van der Waals surface area contributed by atoms with Crippen LogP contribution in [0.1, 0.15) is 23.7 Å². The Morgan fingerprint density at radius 1 is 1.23 bits per heavy atom. The summed E-state index contributed by atoms with van der Waals surface area (Å²) in [6.07, 6.45) is 1.05. The fourth-order valence-electron chi connectivity index (χ4n) is 3.59. The molecular formula is C21H23N3O2. The van der Waals surface area contributed by atoms with Crippen LogP contribution in [-0.4, -0.2) is 35.7 Å². The second kappa shape index (κ2) is 6.57. The van der Waals surface area contributed by atoms with E-state index in [2.05, 4.69) is 22.9 Å². The Labute approximate surface area is 153 Å².